The standard InChI is InChI=1S/C21H27N5O/c1-15-19(16(2)26(24-15)18-8-6-5-7-9-18)12-25(4)13-20(27)23-21(3,14-22)17-10-11-17/h5-9,17H,10-13H2,1-4H3,(H,23,27)/t21-/m1/s1. The predicted molar refractivity (Wildman–Crippen MR) is 104 cm³/mol. The van der Waals surface area contributed by atoms with E-state index in [1.165, 1.54) is 0 Å². The maximum atomic E-state index is 12.4. The zero-order valence-corrected chi connectivity index (χ0v) is 16.5. The second kappa shape index (κ2) is 7.53. The Balaban J connectivity index is 1.66. The minimum absolute atomic E-state index is 0.112. The Morgan fingerprint density at radius 2 is 2.04 bits per heavy atom. The molecule has 0 aliphatic heterocycles. The van der Waals surface area contributed by atoms with Gasteiger partial charge in [0.1, 0.15) is 5.54 Å². The van der Waals surface area contributed by atoms with Gasteiger partial charge in [-0.1, -0.05) is 18.2 Å². The Hall–Kier alpha value is -2.65. The van der Waals surface area contributed by atoms with Gasteiger partial charge in [0.25, 0.3) is 0 Å². The smallest absolute Gasteiger partial charge is 0.235 e. The molecule has 1 aliphatic carbocycles. The lowest BCUT2D eigenvalue weighted by atomic mass is 9.98. The van der Waals surface area contributed by atoms with Gasteiger partial charge in [0.15, 0.2) is 0 Å². The highest BCUT2D eigenvalue weighted by Crippen LogP contribution is 2.39. The van der Waals surface area contributed by atoms with Gasteiger partial charge in [-0.15, -0.1) is 0 Å². The summed E-state index contributed by atoms with van der Waals surface area (Å²) in [5.41, 5.74) is 3.44. The number of para-hydroxylation sites is 1. The van der Waals surface area contributed by atoms with E-state index in [2.05, 4.69) is 23.4 Å². The zero-order valence-electron chi connectivity index (χ0n) is 16.5. The van der Waals surface area contributed by atoms with Crippen LogP contribution in [0.25, 0.3) is 5.69 Å². The van der Waals surface area contributed by atoms with Crippen LogP contribution < -0.4 is 5.32 Å². The Kier molecular flexibility index (Phi) is 5.33. The Labute approximate surface area is 160 Å². The fourth-order valence-electron chi connectivity index (χ4n) is 3.51. The highest BCUT2D eigenvalue weighted by molar-refractivity contribution is 5.79. The van der Waals surface area contributed by atoms with E-state index >= 15 is 0 Å². The Morgan fingerprint density at radius 3 is 2.63 bits per heavy atom. The first-order valence-corrected chi connectivity index (χ1v) is 9.35. The fourth-order valence-corrected chi connectivity index (χ4v) is 3.51. The summed E-state index contributed by atoms with van der Waals surface area (Å²) in [6, 6.07) is 12.3. The van der Waals surface area contributed by atoms with Gasteiger partial charge in [-0.2, -0.15) is 10.4 Å². The van der Waals surface area contributed by atoms with Crippen LogP contribution >= 0.6 is 0 Å². The van der Waals surface area contributed by atoms with Crippen LogP contribution in [0.3, 0.4) is 0 Å². The summed E-state index contributed by atoms with van der Waals surface area (Å²) in [5.74, 6) is 0.171. The van der Waals surface area contributed by atoms with Crippen LogP contribution in [-0.2, 0) is 11.3 Å². The maximum Gasteiger partial charge on any atom is 0.235 e. The molecule has 0 spiro atoms. The van der Waals surface area contributed by atoms with Crippen molar-refractivity contribution in [3.63, 3.8) is 0 Å². The predicted octanol–water partition coefficient (Wildman–Crippen LogP) is 2.73. The molecule has 1 fully saturated rings. The second-order valence-corrected chi connectivity index (χ2v) is 7.71. The summed E-state index contributed by atoms with van der Waals surface area (Å²) in [6.45, 7) is 6.75. The van der Waals surface area contributed by atoms with Crippen molar-refractivity contribution in [3.8, 4) is 11.8 Å². The van der Waals surface area contributed by atoms with Gasteiger partial charge in [-0.05, 0) is 58.7 Å². The molecule has 1 saturated carbocycles. The lowest BCUT2D eigenvalue weighted by Crippen LogP contribution is -2.49. The second-order valence-electron chi connectivity index (χ2n) is 7.71. The van der Waals surface area contributed by atoms with E-state index in [-0.39, 0.29) is 18.4 Å². The minimum atomic E-state index is -0.748. The molecule has 6 heteroatoms. The molecule has 1 aliphatic rings. The number of nitrogens with one attached hydrogen (secondary N) is 1. The number of rotatable bonds is 7. The topological polar surface area (TPSA) is 74.0 Å². The summed E-state index contributed by atoms with van der Waals surface area (Å²) < 4.78 is 1.94. The van der Waals surface area contributed by atoms with Gasteiger partial charge in [-0.25, -0.2) is 4.68 Å². The van der Waals surface area contributed by atoms with Crippen molar-refractivity contribution >= 4 is 5.91 Å². The molecule has 1 aromatic heterocycles. The van der Waals surface area contributed by atoms with E-state index in [1.54, 1.807) is 0 Å². The number of hydrogen-bond acceptors (Lipinski definition) is 4. The SMILES string of the molecule is Cc1nn(-c2ccccc2)c(C)c1CN(C)CC(=O)N[C@](C)(C#N)C1CC1. The summed E-state index contributed by atoms with van der Waals surface area (Å²) in [4.78, 5) is 14.4. The highest BCUT2D eigenvalue weighted by Gasteiger charge is 2.43. The normalized spacial score (nSPS) is 16.0. The number of carbonyl (C=O) groups excluding carboxylic acids is 1. The van der Waals surface area contributed by atoms with Crippen molar-refractivity contribution in [1.82, 2.24) is 20.0 Å². The van der Waals surface area contributed by atoms with E-state index in [1.807, 2.05) is 60.8 Å². The van der Waals surface area contributed by atoms with E-state index in [0.29, 0.717) is 6.54 Å². The molecular weight excluding hydrogens is 338 g/mol. The third-order valence-corrected chi connectivity index (χ3v) is 5.31. The van der Waals surface area contributed by atoms with Gasteiger partial charge < -0.3 is 5.32 Å². The third-order valence-electron chi connectivity index (χ3n) is 5.31. The molecule has 1 atom stereocenters. The zero-order chi connectivity index (χ0) is 19.6. The molecule has 1 N–H and O–H groups in total. The first kappa shape index (κ1) is 19.1. The van der Waals surface area contributed by atoms with E-state index in [9.17, 15) is 10.1 Å². The van der Waals surface area contributed by atoms with Gasteiger partial charge in [0.05, 0.1) is 24.0 Å². The van der Waals surface area contributed by atoms with Crippen LogP contribution in [0.5, 0.6) is 0 Å². The molecule has 6 nitrogen and oxygen atoms in total. The molecule has 27 heavy (non-hydrogen) atoms. The van der Waals surface area contributed by atoms with Crippen LogP contribution in [-0.4, -0.2) is 39.7 Å². The highest BCUT2D eigenvalue weighted by atomic mass is 16.2. The average molecular weight is 365 g/mol. The van der Waals surface area contributed by atoms with Crippen LogP contribution in [0.1, 0.15) is 36.7 Å². The molecule has 2 aromatic rings. The van der Waals surface area contributed by atoms with Crippen molar-refractivity contribution in [1.29, 1.82) is 5.26 Å². The van der Waals surface area contributed by atoms with Crippen LogP contribution in [0, 0.1) is 31.1 Å². The number of benzene rings is 1. The Bertz CT molecular complexity index is 863. The third kappa shape index (κ3) is 4.20. The number of hydrogen-bond donors (Lipinski definition) is 1. The van der Waals surface area contributed by atoms with E-state index < -0.39 is 5.54 Å². The van der Waals surface area contributed by atoms with Gasteiger partial charge >= 0.3 is 0 Å². The van der Waals surface area contributed by atoms with E-state index in [4.69, 9.17) is 0 Å². The molecule has 3 rings (SSSR count). The number of amides is 1. The molecule has 0 bridgehead atoms. The monoisotopic (exact) mass is 365 g/mol. The average Bonchev–Trinajstić information content (AvgIpc) is 3.46. The number of aryl methyl sites for hydroxylation is 1. The van der Waals surface area contributed by atoms with Gasteiger partial charge in [0.2, 0.25) is 5.91 Å². The molecule has 1 aromatic carbocycles. The van der Waals surface area contributed by atoms with Crippen LogP contribution in [0.15, 0.2) is 30.3 Å². The number of nitrogens with zero attached hydrogens (tertiary/aromatic N) is 4. The van der Waals surface area contributed by atoms with Crippen molar-refractivity contribution in [2.24, 2.45) is 5.92 Å². The fraction of sp³-hybridized carbons (Fsp3) is 0.476. The summed E-state index contributed by atoms with van der Waals surface area (Å²) in [6.07, 6.45) is 2.02. The quantitative estimate of drug-likeness (QED) is 0.819. The first-order valence-electron chi connectivity index (χ1n) is 9.35. The lowest BCUT2D eigenvalue weighted by Gasteiger charge is -2.25. The molecule has 1 amide bonds. The first-order chi connectivity index (χ1) is 12.8. The largest absolute Gasteiger partial charge is 0.337 e. The van der Waals surface area contributed by atoms with E-state index in [0.717, 1.165) is 35.5 Å². The molecule has 0 unspecified atom stereocenters. The molecule has 1 heterocycles. The number of nitriles is 1. The summed E-state index contributed by atoms with van der Waals surface area (Å²) in [5, 5.41) is 17.0. The number of aromatic nitrogens is 2. The van der Waals surface area contributed by atoms with Crippen LogP contribution in [0.2, 0.25) is 0 Å². The summed E-state index contributed by atoms with van der Waals surface area (Å²) in [7, 11) is 1.92. The van der Waals surface area contributed by atoms with Crippen molar-refractivity contribution in [3.05, 3.63) is 47.3 Å². The number of likely N-dealkylation sites (N-methyl/N-ethyl adjacent to an activating group) is 1. The van der Waals surface area contributed by atoms with Crippen molar-refractivity contribution in [2.45, 2.75) is 45.7 Å². The minimum Gasteiger partial charge on any atom is -0.337 e. The molecular formula is C21H27N5O. The summed E-state index contributed by atoms with van der Waals surface area (Å²) >= 11 is 0. The maximum absolute atomic E-state index is 12.4. The van der Waals surface area contributed by atoms with Crippen molar-refractivity contribution < 1.29 is 4.79 Å². The molecule has 142 valence electrons. The lowest BCUT2D eigenvalue weighted by molar-refractivity contribution is -0.123. The Morgan fingerprint density at radius 1 is 1.37 bits per heavy atom. The number of carbonyl (C=O) groups is 1. The molecule has 0 saturated heterocycles. The van der Waals surface area contributed by atoms with Gasteiger partial charge in [0, 0.05) is 17.8 Å². The molecule has 0 radical (unpaired) electrons. The van der Waals surface area contributed by atoms with Gasteiger partial charge in [-0.3, -0.25) is 9.69 Å². The van der Waals surface area contributed by atoms with Crippen molar-refractivity contribution in [2.75, 3.05) is 13.6 Å². The van der Waals surface area contributed by atoms with Crippen LogP contribution in [0.4, 0.5) is 0 Å².